The standard InChI is InChI=1S/C10H13NO4/c1-15-10(14)6-11-5-7-8(12)3-2-4-9(7)13/h5,12H,2-4,6H2,1H3. The number of esters is 1. The van der Waals surface area contributed by atoms with Gasteiger partial charge in [0.1, 0.15) is 12.3 Å². The van der Waals surface area contributed by atoms with E-state index in [4.69, 9.17) is 0 Å². The van der Waals surface area contributed by atoms with Gasteiger partial charge in [0.25, 0.3) is 0 Å². The van der Waals surface area contributed by atoms with E-state index in [0.717, 1.165) is 0 Å². The predicted molar refractivity (Wildman–Crippen MR) is 53.9 cm³/mol. The number of aliphatic hydroxyl groups excluding tert-OH is 1. The van der Waals surface area contributed by atoms with Gasteiger partial charge >= 0.3 is 5.97 Å². The molecular weight excluding hydrogens is 198 g/mol. The van der Waals surface area contributed by atoms with Crippen LogP contribution in [0.4, 0.5) is 0 Å². The van der Waals surface area contributed by atoms with Crippen LogP contribution in [0.2, 0.25) is 0 Å². The van der Waals surface area contributed by atoms with Crippen LogP contribution < -0.4 is 0 Å². The fourth-order valence-electron chi connectivity index (χ4n) is 1.27. The molecule has 5 heteroatoms. The van der Waals surface area contributed by atoms with E-state index < -0.39 is 5.97 Å². The summed E-state index contributed by atoms with van der Waals surface area (Å²) in [7, 11) is 1.26. The third kappa shape index (κ3) is 3.19. The average Bonchev–Trinajstić information content (AvgIpc) is 2.22. The zero-order valence-electron chi connectivity index (χ0n) is 8.52. The van der Waals surface area contributed by atoms with Gasteiger partial charge in [-0.25, -0.2) is 0 Å². The minimum atomic E-state index is -0.477. The third-order valence-electron chi connectivity index (χ3n) is 2.10. The Morgan fingerprint density at radius 3 is 2.93 bits per heavy atom. The second-order valence-electron chi connectivity index (χ2n) is 3.18. The molecule has 0 aromatic rings. The first-order valence-corrected chi connectivity index (χ1v) is 4.67. The maximum Gasteiger partial charge on any atom is 0.327 e. The largest absolute Gasteiger partial charge is 0.512 e. The first kappa shape index (κ1) is 11.4. The van der Waals surface area contributed by atoms with Crippen LogP contribution in [0, 0.1) is 0 Å². The zero-order valence-corrected chi connectivity index (χ0v) is 8.52. The number of aliphatic hydroxyl groups is 1. The van der Waals surface area contributed by atoms with Crippen LogP contribution in [-0.4, -0.2) is 36.7 Å². The fourth-order valence-corrected chi connectivity index (χ4v) is 1.27. The Labute approximate surface area is 87.5 Å². The summed E-state index contributed by atoms with van der Waals surface area (Å²) in [6.07, 6.45) is 2.82. The highest BCUT2D eigenvalue weighted by atomic mass is 16.5. The molecule has 0 fully saturated rings. The van der Waals surface area contributed by atoms with Crippen LogP contribution in [0.15, 0.2) is 16.3 Å². The van der Waals surface area contributed by atoms with Crippen molar-refractivity contribution in [3.63, 3.8) is 0 Å². The fraction of sp³-hybridized carbons (Fsp3) is 0.500. The van der Waals surface area contributed by atoms with Crippen molar-refractivity contribution in [1.82, 2.24) is 0 Å². The molecule has 5 nitrogen and oxygen atoms in total. The molecule has 0 unspecified atom stereocenters. The Morgan fingerprint density at radius 1 is 1.60 bits per heavy atom. The van der Waals surface area contributed by atoms with Crippen molar-refractivity contribution in [3.05, 3.63) is 11.3 Å². The molecule has 0 aromatic heterocycles. The van der Waals surface area contributed by atoms with Crippen LogP contribution in [0.5, 0.6) is 0 Å². The van der Waals surface area contributed by atoms with Crippen molar-refractivity contribution < 1.29 is 19.4 Å². The lowest BCUT2D eigenvalue weighted by Gasteiger charge is -2.10. The van der Waals surface area contributed by atoms with Crippen LogP contribution >= 0.6 is 0 Å². The van der Waals surface area contributed by atoms with Gasteiger partial charge in [-0.3, -0.25) is 14.6 Å². The van der Waals surface area contributed by atoms with Gasteiger partial charge in [-0.2, -0.15) is 0 Å². The molecule has 0 saturated heterocycles. The van der Waals surface area contributed by atoms with Crippen molar-refractivity contribution in [3.8, 4) is 0 Å². The zero-order chi connectivity index (χ0) is 11.3. The Bertz CT molecular complexity index is 330. The highest BCUT2D eigenvalue weighted by Crippen LogP contribution is 2.18. The lowest BCUT2D eigenvalue weighted by Crippen LogP contribution is -2.13. The molecule has 0 atom stereocenters. The van der Waals surface area contributed by atoms with Crippen LogP contribution in [0.1, 0.15) is 19.3 Å². The van der Waals surface area contributed by atoms with Gasteiger partial charge in [0.15, 0.2) is 5.78 Å². The van der Waals surface area contributed by atoms with E-state index in [-0.39, 0.29) is 23.7 Å². The lowest BCUT2D eigenvalue weighted by atomic mass is 9.97. The van der Waals surface area contributed by atoms with Crippen molar-refractivity contribution in [2.75, 3.05) is 13.7 Å². The molecule has 1 aliphatic carbocycles. The summed E-state index contributed by atoms with van der Waals surface area (Å²) in [5.41, 5.74) is 0.213. The number of methoxy groups -OCH3 is 1. The highest BCUT2D eigenvalue weighted by Gasteiger charge is 2.18. The Kier molecular flexibility index (Phi) is 4.03. The van der Waals surface area contributed by atoms with Crippen LogP contribution in [-0.2, 0) is 14.3 Å². The normalized spacial score (nSPS) is 17.3. The van der Waals surface area contributed by atoms with E-state index >= 15 is 0 Å². The monoisotopic (exact) mass is 211 g/mol. The molecule has 1 aliphatic rings. The number of ketones is 1. The molecule has 1 N–H and O–H groups in total. The molecule has 0 radical (unpaired) electrons. The minimum absolute atomic E-state index is 0.0554. The summed E-state index contributed by atoms with van der Waals surface area (Å²) in [5, 5.41) is 9.41. The van der Waals surface area contributed by atoms with Crippen molar-refractivity contribution >= 4 is 18.0 Å². The van der Waals surface area contributed by atoms with E-state index in [0.29, 0.717) is 19.3 Å². The Morgan fingerprint density at radius 2 is 2.33 bits per heavy atom. The number of ether oxygens (including phenoxy) is 1. The van der Waals surface area contributed by atoms with Gasteiger partial charge in [-0.15, -0.1) is 0 Å². The van der Waals surface area contributed by atoms with Gasteiger partial charge in [0.05, 0.1) is 12.7 Å². The number of aliphatic imine (C=N–C) groups is 1. The molecule has 0 amide bonds. The molecular formula is C10H13NO4. The van der Waals surface area contributed by atoms with Crippen LogP contribution in [0.3, 0.4) is 0 Å². The summed E-state index contributed by atoms with van der Waals surface area (Å²) in [5.74, 6) is -0.554. The molecule has 15 heavy (non-hydrogen) atoms. The van der Waals surface area contributed by atoms with E-state index in [1.807, 2.05) is 0 Å². The van der Waals surface area contributed by atoms with Crippen molar-refractivity contribution in [2.24, 2.45) is 4.99 Å². The topological polar surface area (TPSA) is 76.0 Å². The first-order chi connectivity index (χ1) is 7.15. The quantitative estimate of drug-likeness (QED) is 0.553. The smallest absolute Gasteiger partial charge is 0.327 e. The van der Waals surface area contributed by atoms with Crippen molar-refractivity contribution in [2.45, 2.75) is 19.3 Å². The molecule has 0 aliphatic heterocycles. The van der Waals surface area contributed by atoms with E-state index in [2.05, 4.69) is 9.73 Å². The minimum Gasteiger partial charge on any atom is -0.512 e. The summed E-state index contributed by atoms with van der Waals surface area (Å²) in [6, 6.07) is 0. The second-order valence-corrected chi connectivity index (χ2v) is 3.18. The highest BCUT2D eigenvalue weighted by molar-refractivity contribution is 6.14. The van der Waals surface area contributed by atoms with Crippen LogP contribution in [0.25, 0.3) is 0 Å². The number of carbonyl (C=O) groups is 2. The third-order valence-corrected chi connectivity index (χ3v) is 2.10. The number of hydrogen-bond acceptors (Lipinski definition) is 5. The maximum atomic E-state index is 11.3. The second kappa shape index (κ2) is 5.29. The summed E-state index contributed by atoms with van der Waals surface area (Å²) >= 11 is 0. The number of rotatable bonds is 3. The summed E-state index contributed by atoms with van der Waals surface area (Å²) in [4.78, 5) is 25.8. The molecule has 0 saturated carbocycles. The summed E-state index contributed by atoms with van der Waals surface area (Å²) in [6.45, 7) is -0.138. The predicted octanol–water partition coefficient (Wildman–Crippen LogP) is 0.795. The molecule has 82 valence electrons. The van der Waals surface area contributed by atoms with Gasteiger partial charge in [-0.05, 0) is 6.42 Å². The maximum absolute atomic E-state index is 11.3. The van der Waals surface area contributed by atoms with Crippen molar-refractivity contribution in [1.29, 1.82) is 0 Å². The van der Waals surface area contributed by atoms with E-state index in [1.54, 1.807) is 0 Å². The van der Waals surface area contributed by atoms with E-state index in [1.165, 1.54) is 13.3 Å². The molecule has 1 rings (SSSR count). The molecule has 0 aromatic carbocycles. The SMILES string of the molecule is COC(=O)CN=CC1=C(O)CCCC1=O. The number of nitrogens with zero attached hydrogens (tertiary/aromatic N) is 1. The molecule has 0 bridgehead atoms. The number of allylic oxidation sites excluding steroid dienone is 2. The van der Waals surface area contributed by atoms with E-state index in [9.17, 15) is 14.7 Å². The molecule has 0 heterocycles. The number of hydrogen-bond donors (Lipinski definition) is 1. The lowest BCUT2D eigenvalue weighted by molar-refractivity contribution is -0.138. The Balaban J connectivity index is 2.63. The average molecular weight is 211 g/mol. The summed E-state index contributed by atoms with van der Waals surface area (Å²) < 4.78 is 4.38. The van der Waals surface area contributed by atoms with Gasteiger partial charge < -0.3 is 9.84 Å². The first-order valence-electron chi connectivity index (χ1n) is 4.67. The van der Waals surface area contributed by atoms with Gasteiger partial charge in [0, 0.05) is 19.1 Å². The molecule has 0 spiro atoms. The number of Topliss-reactive ketones (excluding diaryl/α,β-unsaturated/α-hetero) is 1. The Hall–Kier alpha value is -1.65. The van der Waals surface area contributed by atoms with Gasteiger partial charge in [-0.1, -0.05) is 0 Å². The van der Waals surface area contributed by atoms with Gasteiger partial charge in [0.2, 0.25) is 0 Å². The number of carbonyl (C=O) groups excluding carboxylic acids is 2.